The van der Waals surface area contributed by atoms with E-state index in [1.807, 2.05) is 0 Å². The van der Waals surface area contributed by atoms with Gasteiger partial charge in [-0.25, -0.2) is 13.2 Å². The maximum Gasteiger partial charge on any atom is 0.396 e. The predicted octanol–water partition coefficient (Wildman–Crippen LogP) is 0.773. The number of aromatic nitrogens is 2. The van der Waals surface area contributed by atoms with Crippen LogP contribution in [0, 0.1) is 0 Å². The van der Waals surface area contributed by atoms with E-state index in [0.717, 1.165) is 0 Å². The molecular weight excluding hydrogens is 280 g/mol. The molecule has 0 fully saturated rings. The van der Waals surface area contributed by atoms with Crippen molar-refractivity contribution in [2.45, 2.75) is 18.6 Å². The second-order valence-corrected chi connectivity index (χ2v) is 6.73. The smallest absolute Gasteiger partial charge is 0.396 e. The molecule has 0 bridgehead atoms. The number of ether oxygens (including phenoxy) is 1. The quantitative estimate of drug-likeness (QED) is 0.413. The van der Waals surface area contributed by atoms with E-state index in [9.17, 15) is 13.2 Å². The average molecular weight is 294 g/mol. The predicted molar refractivity (Wildman–Crippen MR) is 65.3 cm³/mol. The van der Waals surface area contributed by atoms with Crippen LogP contribution in [0.4, 0.5) is 0 Å². The molecule has 1 aromatic rings. The molecule has 0 aromatic carbocycles. The highest BCUT2D eigenvalue weighted by atomic mass is 32.2. The van der Waals surface area contributed by atoms with E-state index >= 15 is 0 Å². The van der Waals surface area contributed by atoms with Crippen LogP contribution in [-0.4, -0.2) is 49.0 Å². The molecule has 0 radical (unpaired) electrons. The Balaban J connectivity index is 2.38. The van der Waals surface area contributed by atoms with E-state index < -0.39 is 15.8 Å². The summed E-state index contributed by atoms with van der Waals surface area (Å²) in [6.07, 6.45) is 1.67. The minimum absolute atomic E-state index is 0.110. The summed E-state index contributed by atoms with van der Waals surface area (Å²) in [6.45, 7) is 1.91. The first-order chi connectivity index (χ1) is 8.42. The standard InChI is InChI=1S/C9H14N2O5S2/c1-3-15-8(12)7-10-11-9(16-7)17-5-4-6-18(2,13)14/h3-6H2,1-2H3. The van der Waals surface area contributed by atoms with Crippen molar-refractivity contribution in [2.75, 3.05) is 24.4 Å². The lowest BCUT2D eigenvalue weighted by atomic mass is 10.6. The second kappa shape index (κ2) is 6.74. The number of hydrogen-bond donors (Lipinski definition) is 0. The molecule has 0 aliphatic rings. The summed E-state index contributed by atoms with van der Waals surface area (Å²) in [5.74, 6) is -0.216. The van der Waals surface area contributed by atoms with E-state index in [1.165, 1.54) is 18.0 Å². The Hall–Kier alpha value is -1.09. The Bertz CT molecular complexity index is 497. The Morgan fingerprint density at radius 2 is 2.17 bits per heavy atom. The number of esters is 1. The number of sulfone groups is 1. The van der Waals surface area contributed by atoms with Crippen molar-refractivity contribution in [3.8, 4) is 0 Å². The molecule has 7 nitrogen and oxygen atoms in total. The Morgan fingerprint density at radius 3 is 2.78 bits per heavy atom. The van der Waals surface area contributed by atoms with Gasteiger partial charge in [-0.3, -0.25) is 0 Å². The third-order valence-corrected chi connectivity index (χ3v) is 3.68. The average Bonchev–Trinajstić information content (AvgIpc) is 2.72. The first-order valence-electron chi connectivity index (χ1n) is 5.23. The number of hydrogen-bond acceptors (Lipinski definition) is 8. The zero-order valence-corrected chi connectivity index (χ0v) is 11.7. The van der Waals surface area contributed by atoms with E-state index in [0.29, 0.717) is 12.2 Å². The molecule has 1 aromatic heterocycles. The highest BCUT2D eigenvalue weighted by Crippen LogP contribution is 2.17. The maximum absolute atomic E-state index is 11.2. The zero-order valence-electron chi connectivity index (χ0n) is 10.1. The summed E-state index contributed by atoms with van der Waals surface area (Å²) >= 11 is 1.20. The van der Waals surface area contributed by atoms with E-state index in [4.69, 9.17) is 4.42 Å². The van der Waals surface area contributed by atoms with Gasteiger partial charge in [-0.2, -0.15) is 0 Å². The fraction of sp³-hybridized carbons (Fsp3) is 0.667. The van der Waals surface area contributed by atoms with Crippen LogP contribution in [-0.2, 0) is 14.6 Å². The highest BCUT2D eigenvalue weighted by molar-refractivity contribution is 7.99. The monoisotopic (exact) mass is 294 g/mol. The van der Waals surface area contributed by atoms with Crippen molar-refractivity contribution in [1.82, 2.24) is 10.2 Å². The Kier molecular flexibility index (Phi) is 5.60. The molecule has 0 saturated carbocycles. The van der Waals surface area contributed by atoms with Crippen molar-refractivity contribution in [3.63, 3.8) is 0 Å². The molecule has 0 N–H and O–H groups in total. The largest absolute Gasteiger partial charge is 0.459 e. The number of carbonyl (C=O) groups is 1. The fourth-order valence-corrected chi connectivity index (χ4v) is 2.58. The minimum Gasteiger partial charge on any atom is -0.459 e. The summed E-state index contributed by atoms with van der Waals surface area (Å²) in [5.41, 5.74) is 0. The Labute approximate surface area is 109 Å². The number of nitrogens with zero attached hydrogens (tertiary/aromatic N) is 2. The van der Waals surface area contributed by atoms with Crippen LogP contribution in [0.25, 0.3) is 0 Å². The lowest BCUT2D eigenvalue weighted by Gasteiger charge is -1.96. The van der Waals surface area contributed by atoms with Gasteiger partial charge in [0.2, 0.25) is 0 Å². The van der Waals surface area contributed by atoms with Crippen molar-refractivity contribution in [2.24, 2.45) is 0 Å². The molecule has 1 heterocycles. The van der Waals surface area contributed by atoms with Gasteiger partial charge in [0, 0.05) is 12.0 Å². The normalized spacial score (nSPS) is 11.4. The summed E-state index contributed by atoms with van der Waals surface area (Å²) in [7, 11) is -2.95. The maximum atomic E-state index is 11.2. The van der Waals surface area contributed by atoms with Crippen LogP contribution in [0.2, 0.25) is 0 Å². The van der Waals surface area contributed by atoms with Gasteiger partial charge in [-0.05, 0) is 13.3 Å². The molecule has 0 aliphatic carbocycles. The first-order valence-corrected chi connectivity index (χ1v) is 8.28. The van der Waals surface area contributed by atoms with Gasteiger partial charge >= 0.3 is 11.9 Å². The van der Waals surface area contributed by atoms with E-state index in [1.54, 1.807) is 6.92 Å². The first kappa shape index (κ1) is 15.0. The molecule has 9 heteroatoms. The molecule has 0 saturated heterocycles. The highest BCUT2D eigenvalue weighted by Gasteiger charge is 2.15. The zero-order chi connectivity index (χ0) is 13.6. The number of carbonyl (C=O) groups excluding carboxylic acids is 1. The van der Waals surface area contributed by atoms with Gasteiger partial charge in [-0.1, -0.05) is 16.9 Å². The summed E-state index contributed by atoms with van der Waals surface area (Å²) < 4.78 is 31.5. The van der Waals surface area contributed by atoms with Crippen molar-refractivity contribution in [1.29, 1.82) is 0 Å². The molecule has 0 amide bonds. The van der Waals surface area contributed by atoms with Gasteiger partial charge < -0.3 is 9.15 Å². The minimum atomic E-state index is -2.95. The molecular formula is C9H14N2O5S2. The van der Waals surface area contributed by atoms with Gasteiger partial charge in [0.05, 0.1) is 12.4 Å². The molecule has 1 rings (SSSR count). The molecule has 0 atom stereocenters. The third-order valence-electron chi connectivity index (χ3n) is 1.74. The Morgan fingerprint density at radius 1 is 1.44 bits per heavy atom. The lowest BCUT2D eigenvalue weighted by Crippen LogP contribution is -2.04. The topological polar surface area (TPSA) is 99.4 Å². The molecule has 0 unspecified atom stereocenters. The molecule has 0 aliphatic heterocycles. The second-order valence-electron chi connectivity index (χ2n) is 3.43. The fourth-order valence-electron chi connectivity index (χ4n) is 1.02. The van der Waals surface area contributed by atoms with Crippen LogP contribution in [0.15, 0.2) is 9.64 Å². The summed E-state index contributed by atoms with van der Waals surface area (Å²) in [4.78, 5) is 11.2. The van der Waals surface area contributed by atoms with Crippen LogP contribution in [0.3, 0.4) is 0 Å². The number of thioether (sulfide) groups is 1. The molecule has 0 spiro atoms. The van der Waals surface area contributed by atoms with Gasteiger partial charge in [-0.15, -0.1) is 5.10 Å². The molecule has 102 valence electrons. The van der Waals surface area contributed by atoms with E-state index in [2.05, 4.69) is 14.9 Å². The lowest BCUT2D eigenvalue weighted by molar-refractivity contribution is 0.0475. The summed E-state index contributed by atoms with van der Waals surface area (Å²) in [5, 5.41) is 7.41. The van der Waals surface area contributed by atoms with Gasteiger partial charge in [0.1, 0.15) is 9.84 Å². The number of rotatable bonds is 7. The third kappa shape index (κ3) is 5.50. The van der Waals surface area contributed by atoms with Crippen LogP contribution in [0.5, 0.6) is 0 Å². The van der Waals surface area contributed by atoms with Crippen LogP contribution in [0.1, 0.15) is 24.0 Å². The van der Waals surface area contributed by atoms with Crippen LogP contribution < -0.4 is 0 Å². The van der Waals surface area contributed by atoms with Crippen molar-refractivity contribution in [3.05, 3.63) is 5.89 Å². The van der Waals surface area contributed by atoms with Gasteiger partial charge in [0.15, 0.2) is 0 Å². The molecule has 18 heavy (non-hydrogen) atoms. The summed E-state index contributed by atoms with van der Waals surface area (Å²) in [6, 6.07) is 0. The SMILES string of the molecule is CCOC(=O)c1nnc(SCCCS(C)(=O)=O)o1. The van der Waals surface area contributed by atoms with Crippen molar-refractivity contribution < 1.29 is 22.4 Å². The van der Waals surface area contributed by atoms with Gasteiger partial charge in [0.25, 0.3) is 5.22 Å². The van der Waals surface area contributed by atoms with Crippen molar-refractivity contribution >= 4 is 27.6 Å². The van der Waals surface area contributed by atoms with E-state index in [-0.39, 0.29) is 23.5 Å². The van der Waals surface area contributed by atoms with Crippen LogP contribution >= 0.6 is 11.8 Å².